The number of para-hydroxylation sites is 1. The fraction of sp³-hybridized carbons (Fsp3) is 0.154. The van der Waals surface area contributed by atoms with Crippen molar-refractivity contribution in [2.45, 2.75) is 6.54 Å². The highest BCUT2D eigenvalue weighted by Gasteiger charge is 2.26. The first-order chi connectivity index (χ1) is 10.2. The minimum Gasteiger partial charge on any atom is -0.432 e. The number of hydrogen-bond acceptors (Lipinski definition) is 6. The lowest BCUT2D eigenvalue weighted by atomic mass is 10.2. The zero-order chi connectivity index (χ0) is 14.8. The minimum absolute atomic E-state index is 0.00963. The lowest BCUT2D eigenvalue weighted by molar-refractivity contribution is -0.391. The first-order valence-electron chi connectivity index (χ1n) is 6.21. The maximum atomic E-state index is 11.3. The molecule has 8 heteroatoms. The van der Waals surface area contributed by atoms with E-state index in [-0.39, 0.29) is 11.7 Å². The summed E-state index contributed by atoms with van der Waals surface area (Å²) in [6.45, 7) is 0.603. The summed E-state index contributed by atoms with van der Waals surface area (Å²) < 4.78 is 7.11. The number of thiazole rings is 1. The van der Waals surface area contributed by atoms with E-state index in [1.807, 2.05) is 25.2 Å². The summed E-state index contributed by atoms with van der Waals surface area (Å²) in [5, 5.41) is 16.0. The number of nitrogens with one attached hydrogen (secondary N) is 1. The van der Waals surface area contributed by atoms with Gasteiger partial charge in [0.25, 0.3) is 4.96 Å². The highest BCUT2D eigenvalue weighted by Crippen LogP contribution is 2.34. The highest BCUT2D eigenvalue weighted by atomic mass is 32.1. The van der Waals surface area contributed by atoms with Gasteiger partial charge in [-0.15, -0.1) is 0 Å². The first kappa shape index (κ1) is 13.5. The van der Waals surface area contributed by atoms with Crippen LogP contribution in [0.3, 0.4) is 0 Å². The van der Waals surface area contributed by atoms with E-state index in [0.717, 1.165) is 5.56 Å². The number of fused-ring (bicyclic) bond motifs is 1. The number of imidazole rings is 1. The van der Waals surface area contributed by atoms with E-state index in [4.69, 9.17) is 4.74 Å². The number of nitrogens with zero attached hydrogens (tertiary/aromatic N) is 3. The van der Waals surface area contributed by atoms with Gasteiger partial charge < -0.3 is 20.2 Å². The van der Waals surface area contributed by atoms with Crippen molar-refractivity contribution in [2.24, 2.45) is 0 Å². The molecule has 2 aromatic heterocycles. The summed E-state index contributed by atoms with van der Waals surface area (Å²) in [5.74, 6) is 0.404. The molecule has 0 aliphatic heterocycles. The maximum absolute atomic E-state index is 11.3. The van der Waals surface area contributed by atoms with Gasteiger partial charge in [0.1, 0.15) is 11.9 Å². The number of benzene rings is 1. The molecule has 1 N–H and O–H groups in total. The second-order valence-electron chi connectivity index (χ2n) is 4.29. The predicted octanol–water partition coefficient (Wildman–Crippen LogP) is 2.82. The highest BCUT2D eigenvalue weighted by molar-refractivity contribution is 7.15. The molecule has 0 atom stereocenters. The molecule has 7 nitrogen and oxygen atoms in total. The quantitative estimate of drug-likeness (QED) is 0.579. The van der Waals surface area contributed by atoms with Crippen LogP contribution in [-0.2, 0) is 6.54 Å². The molecule has 0 saturated heterocycles. The average molecular weight is 304 g/mol. The summed E-state index contributed by atoms with van der Waals surface area (Å²) in [4.78, 5) is 15.5. The third kappa shape index (κ3) is 2.46. The Morgan fingerprint density at radius 3 is 3.05 bits per heavy atom. The van der Waals surface area contributed by atoms with Gasteiger partial charge in [-0.3, -0.25) is 0 Å². The monoisotopic (exact) mass is 304 g/mol. The fourth-order valence-corrected chi connectivity index (χ4v) is 2.73. The van der Waals surface area contributed by atoms with Crippen LogP contribution in [0.2, 0.25) is 0 Å². The zero-order valence-corrected chi connectivity index (χ0v) is 12.0. The predicted molar refractivity (Wildman–Crippen MR) is 79.0 cm³/mol. The molecule has 0 aliphatic carbocycles. The number of rotatable bonds is 5. The summed E-state index contributed by atoms with van der Waals surface area (Å²) in [7, 11) is 1.83. The molecular weight excluding hydrogens is 292 g/mol. The van der Waals surface area contributed by atoms with Crippen molar-refractivity contribution >= 4 is 22.1 Å². The van der Waals surface area contributed by atoms with Crippen molar-refractivity contribution in [1.29, 1.82) is 0 Å². The molecule has 0 unspecified atom stereocenters. The van der Waals surface area contributed by atoms with Crippen LogP contribution in [0.4, 0.5) is 5.82 Å². The molecule has 0 aliphatic rings. The number of aromatic nitrogens is 2. The van der Waals surface area contributed by atoms with Crippen LogP contribution >= 0.6 is 11.3 Å². The van der Waals surface area contributed by atoms with Crippen molar-refractivity contribution in [2.75, 3.05) is 7.05 Å². The standard InChI is InChI=1S/C13H12N4O3S/c1-14-8-9-4-2-3-5-10(9)20-11-12(17(18)19)16-6-7-21-13(16)15-11/h2-7,14H,8H2,1H3. The van der Waals surface area contributed by atoms with E-state index in [2.05, 4.69) is 10.3 Å². The molecule has 0 bridgehead atoms. The third-order valence-electron chi connectivity index (χ3n) is 2.93. The molecule has 108 valence electrons. The summed E-state index contributed by atoms with van der Waals surface area (Å²) >= 11 is 1.32. The van der Waals surface area contributed by atoms with Gasteiger partial charge in [-0.2, -0.15) is 9.38 Å². The number of ether oxygens (including phenoxy) is 1. The Labute approximate surface area is 124 Å². The largest absolute Gasteiger partial charge is 0.432 e. The van der Waals surface area contributed by atoms with Gasteiger partial charge >= 0.3 is 11.7 Å². The zero-order valence-electron chi connectivity index (χ0n) is 11.1. The smallest absolute Gasteiger partial charge is 0.393 e. The Morgan fingerprint density at radius 2 is 2.29 bits per heavy atom. The summed E-state index contributed by atoms with van der Waals surface area (Å²) in [6, 6.07) is 7.37. The molecule has 0 spiro atoms. The van der Waals surface area contributed by atoms with Crippen molar-refractivity contribution in [3.63, 3.8) is 0 Å². The molecule has 0 saturated carbocycles. The van der Waals surface area contributed by atoms with E-state index < -0.39 is 4.92 Å². The molecule has 1 aromatic carbocycles. The Kier molecular flexibility index (Phi) is 3.55. The van der Waals surface area contributed by atoms with Gasteiger partial charge in [0, 0.05) is 17.5 Å². The first-order valence-corrected chi connectivity index (χ1v) is 7.09. The molecule has 3 rings (SSSR count). The van der Waals surface area contributed by atoms with E-state index in [1.54, 1.807) is 17.6 Å². The second-order valence-corrected chi connectivity index (χ2v) is 5.17. The topological polar surface area (TPSA) is 81.7 Å². The van der Waals surface area contributed by atoms with Gasteiger partial charge in [0.05, 0.1) is 0 Å². The molecular formula is C13H12N4O3S. The lowest BCUT2D eigenvalue weighted by Gasteiger charge is -2.08. The van der Waals surface area contributed by atoms with Crippen molar-refractivity contribution < 1.29 is 9.66 Å². The number of nitro groups is 1. The second kappa shape index (κ2) is 5.51. The third-order valence-corrected chi connectivity index (χ3v) is 3.68. The Balaban J connectivity index is 2.04. The minimum atomic E-state index is -0.483. The maximum Gasteiger partial charge on any atom is 0.393 e. The van der Waals surface area contributed by atoms with Crippen LogP contribution in [-0.4, -0.2) is 21.4 Å². The Morgan fingerprint density at radius 1 is 1.48 bits per heavy atom. The Bertz CT molecular complexity index is 796. The normalized spacial score (nSPS) is 10.9. The summed E-state index contributed by atoms with van der Waals surface area (Å²) in [5.41, 5.74) is 0.908. The SMILES string of the molecule is CNCc1ccccc1Oc1nc2sccn2c1[N+](=O)[O-]. The van der Waals surface area contributed by atoms with Crippen molar-refractivity contribution in [3.05, 3.63) is 51.5 Å². The van der Waals surface area contributed by atoms with E-state index in [0.29, 0.717) is 17.3 Å². The van der Waals surface area contributed by atoms with E-state index >= 15 is 0 Å². The van der Waals surface area contributed by atoms with Gasteiger partial charge in [0.15, 0.2) is 0 Å². The van der Waals surface area contributed by atoms with Crippen LogP contribution in [0, 0.1) is 10.1 Å². The molecule has 3 aromatic rings. The van der Waals surface area contributed by atoms with E-state index in [1.165, 1.54) is 15.7 Å². The average Bonchev–Trinajstić information content (AvgIpc) is 3.01. The summed E-state index contributed by atoms with van der Waals surface area (Å²) in [6.07, 6.45) is 1.61. The van der Waals surface area contributed by atoms with Crippen LogP contribution in [0.1, 0.15) is 5.56 Å². The van der Waals surface area contributed by atoms with Gasteiger partial charge in [-0.1, -0.05) is 29.5 Å². The van der Waals surface area contributed by atoms with Crippen LogP contribution < -0.4 is 10.1 Å². The molecule has 0 amide bonds. The van der Waals surface area contributed by atoms with Gasteiger partial charge in [0.2, 0.25) is 0 Å². The van der Waals surface area contributed by atoms with Crippen LogP contribution in [0.15, 0.2) is 35.8 Å². The van der Waals surface area contributed by atoms with Crippen LogP contribution in [0.25, 0.3) is 4.96 Å². The molecule has 0 radical (unpaired) electrons. The lowest BCUT2D eigenvalue weighted by Crippen LogP contribution is -2.06. The van der Waals surface area contributed by atoms with Crippen molar-refractivity contribution in [3.8, 4) is 11.6 Å². The number of hydrogen-bond donors (Lipinski definition) is 1. The fourth-order valence-electron chi connectivity index (χ4n) is 2.03. The molecule has 0 fully saturated rings. The van der Waals surface area contributed by atoms with Crippen molar-refractivity contribution in [1.82, 2.24) is 14.7 Å². The van der Waals surface area contributed by atoms with Gasteiger partial charge in [-0.25, -0.2) is 0 Å². The Hall–Kier alpha value is -2.45. The van der Waals surface area contributed by atoms with E-state index in [9.17, 15) is 10.1 Å². The van der Waals surface area contributed by atoms with Crippen LogP contribution in [0.5, 0.6) is 11.6 Å². The molecule has 2 heterocycles. The molecule has 21 heavy (non-hydrogen) atoms. The van der Waals surface area contributed by atoms with Gasteiger partial charge in [-0.05, 0) is 18.0 Å².